The molecule has 1 aromatic rings. The molecule has 1 aromatic heterocycles. The van der Waals surface area contributed by atoms with Gasteiger partial charge in [-0.3, -0.25) is 0 Å². The number of anilines is 1. The van der Waals surface area contributed by atoms with Crippen molar-refractivity contribution in [3.8, 4) is 6.07 Å². The van der Waals surface area contributed by atoms with E-state index in [0.29, 0.717) is 22.8 Å². The number of nitrogen functional groups attached to an aromatic ring is 1. The van der Waals surface area contributed by atoms with E-state index in [4.69, 9.17) is 16.1 Å². The Hall–Kier alpha value is -1.74. The molecule has 0 atom stereocenters. The number of carboxylic acids is 1. The normalized spacial score (nSPS) is 13.3. The number of rotatable bonds is 1. The van der Waals surface area contributed by atoms with Crippen LogP contribution in [-0.2, 0) is 11.5 Å². The lowest BCUT2D eigenvalue weighted by Crippen LogP contribution is -2.10. The molecule has 0 amide bonds. The van der Waals surface area contributed by atoms with Crippen molar-refractivity contribution < 1.29 is 9.90 Å². The molecular weight excluding hydrogens is 214 g/mol. The molecule has 1 aliphatic rings. The molecule has 0 unspecified atom stereocenters. The Kier molecular flexibility index (Phi) is 2.25. The number of fused-ring (bicyclic) bond motifs is 1. The van der Waals surface area contributed by atoms with Crippen LogP contribution < -0.4 is 5.73 Å². The van der Waals surface area contributed by atoms with Gasteiger partial charge in [0.2, 0.25) is 0 Å². The van der Waals surface area contributed by atoms with Gasteiger partial charge in [0.15, 0.2) is 0 Å². The monoisotopic (exact) mass is 221 g/mol. The summed E-state index contributed by atoms with van der Waals surface area (Å²) in [5, 5.41) is 17.9. The molecule has 0 bridgehead atoms. The highest BCUT2D eigenvalue weighted by atomic mass is 32.2. The van der Waals surface area contributed by atoms with Gasteiger partial charge in [-0.15, -0.1) is 0 Å². The number of nitrogens with zero attached hydrogens (tertiary/aromatic N) is 2. The lowest BCUT2D eigenvalue weighted by atomic mass is 10.0. The van der Waals surface area contributed by atoms with Crippen molar-refractivity contribution in [2.75, 3.05) is 5.73 Å². The average molecular weight is 221 g/mol. The minimum atomic E-state index is -1.11. The van der Waals surface area contributed by atoms with Crippen LogP contribution >= 0.6 is 11.8 Å². The highest BCUT2D eigenvalue weighted by molar-refractivity contribution is 7.98. The third kappa shape index (κ3) is 1.41. The minimum Gasteiger partial charge on any atom is -0.478 e. The first-order valence-corrected chi connectivity index (χ1v) is 5.33. The summed E-state index contributed by atoms with van der Waals surface area (Å²) in [5.41, 5.74) is 6.86. The van der Waals surface area contributed by atoms with Crippen LogP contribution in [0.4, 0.5) is 5.82 Å². The van der Waals surface area contributed by atoms with Crippen molar-refractivity contribution in [3.63, 3.8) is 0 Å². The standard InChI is InChI=1S/C9H7N3O2S/c10-1-4-7(9(13)14)5-2-15-3-6(5)12-8(4)11/h2-3H2,(H2,11,12)(H,13,14). The van der Waals surface area contributed by atoms with E-state index in [2.05, 4.69) is 4.98 Å². The number of nitriles is 1. The average Bonchev–Trinajstić information content (AvgIpc) is 2.62. The second kappa shape index (κ2) is 3.44. The Labute approximate surface area is 89.9 Å². The van der Waals surface area contributed by atoms with Gasteiger partial charge in [0.1, 0.15) is 17.5 Å². The molecular formula is C9H7N3O2S. The molecule has 6 heteroatoms. The van der Waals surface area contributed by atoms with Gasteiger partial charge in [-0.25, -0.2) is 9.78 Å². The fraction of sp³-hybridized carbons (Fsp3) is 0.222. The van der Waals surface area contributed by atoms with Crippen LogP contribution in [0.5, 0.6) is 0 Å². The molecule has 5 nitrogen and oxygen atoms in total. The van der Waals surface area contributed by atoms with Gasteiger partial charge in [0, 0.05) is 17.1 Å². The number of hydrogen-bond acceptors (Lipinski definition) is 5. The van der Waals surface area contributed by atoms with E-state index in [1.165, 1.54) is 0 Å². The topological polar surface area (TPSA) is 100 Å². The maximum atomic E-state index is 11.0. The van der Waals surface area contributed by atoms with E-state index in [9.17, 15) is 4.79 Å². The smallest absolute Gasteiger partial charge is 0.337 e. The Balaban J connectivity index is 2.78. The number of aromatic carboxylic acids is 1. The van der Waals surface area contributed by atoms with Crippen molar-refractivity contribution in [2.45, 2.75) is 11.5 Å². The zero-order chi connectivity index (χ0) is 11.0. The highest BCUT2D eigenvalue weighted by Gasteiger charge is 2.26. The number of hydrogen-bond donors (Lipinski definition) is 2. The number of thioether (sulfide) groups is 1. The summed E-state index contributed by atoms with van der Waals surface area (Å²) in [6, 6.07) is 1.80. The van der Waals surface area contributed by atoms with E-state index in [-0.39, 0.29) is 16.9 Å². The lowest BCUT2D eigenvalue weighted by Gasteiger charge is -2.07. The van der Waals surface area contributed by atoms with Crippen LogP contribution in [0.3, 0.4) is 0 Å². The van der Waals surface area contributed by atoms with E-state index in [0.717, 1.165) is 0 Å². The fourth-order valence-electron chi connectivity index (χ4n) is 1.57. The number of aromatic nitrogens is 1. The molecule has 0 fully saturated rings. The van der Waals surface area contributed by atoms with Crippen molar-refractivity contribution in [1.82, 2.24) is 4.98 Å². The highest BCUT2D eigenvalue weighted by Crippen LogP contribution is 2.34. The molecule has 15 heavy (non-hydrogen) atoms. The van der Waals surface area contributed by atoms with Crippen LogP contribution in [0.2, 0.25) is 0 Å². The van der Waals surface area contributed by atoms with E-state index in [1.54, 1.807) is 17.8 Å². The SMILES string of the molecule is N#Cc1c(N)nc2c(c1C(=O)O)CSC2. The summed E-state index contributed by atoms with van der Waals surface area (Å²) < 4.78 is 0. The van der Waals surface area contributed by atoms with Gasteiger partial charge in [0.25, 0.3) is 0 Å². The summed E-state index contributed by atoms with van der Waals surface area (Å²) >= 11 is 1.57. The number of carbonyl (C=O) groups is 1. The predicted octanol–water partition coefficient (Wildman–Crippen LogP) is 0.980. The van der Waals surface area contributed by atoms with Crippen molar-refractivity contribution in [3.05, 3.63) is 22.4 Å². The first-order chi connectivity index (χ1) is 7.15. The molecule has 3 N–H and O–H groups in total. The molecule has 0 saturated heterocycles. The van der Waals surface area contributed by atoms with Crippen LogP contribution in [-0.4, -0.2) is 16.1 Å². The zero-order valence-corrected chi connectivity index (χ0v) is 8.47. The first-order valence-electron chi connectivity index (χ1n) is 4.17. The molecule has 0 aliphatic carbocycles. The number of pyridine rings is 1. The summed E-state index contributed by atoms with van der Waals surface area (Å²) in [6.45, 7) is 0. The summed E-state index contributed by atoms with van der Waals surface area (Å²) in [7, 11) is 0. The summed E-state index contributed by atoms with van der Waals surface area (Å²) in [4.78, 5) is 15.1. The quantitative estimate of drug-likeness (QED) is 0.733. The maximum Gasteiger partial charge on any atom is 0.337 e. The third-order valence-electron chi connectivity index (χ3n) is 2.22. The van der Waals surface area contributed by atoms with Crippen LogP contribution in [0.25, 0.3) is 0 Å². The number of nitrogens with two attached hydrogens (primary N) is 1. The van der Waals surface area contributed by atoms with Gasteiger partial charge in [-0.05, 0) is 0 Å². The molecule has 2 rings (SSSR count). The predicted molar refractivity (Wildman–Crippen MR) is 55.3 cm³/mol. The Morgan fingerprint density at radius 3 is 2.93 bits per heavy atom. The second-order valence-corrected chi connectivity index (χ2v) is 4.07. The fourth-order valence-corrected chi connectivity index (χ4v) is 2.62. The minimum absolute atomic E-state index is 0.0103. The molecule has 2 heterocycles. The molecule has 1 aliphatic heterocycles. The van der Waals surface area contributed by atoms with Gasteiger partial charge in [0.05, 0.1) is 11.3 Å². The molecule has 0 radical (unpaired) electrons. The molecule has 0 spiro atoms. The summed E-state index contributed by atoms with van der Waals surface area (Å²) in [6.07, 6.45) is 0. The van der Waals surface area contributed by atoms with Gasteiger partial charge < -0.3 is 10.8 Å². The van der Waals surface area contributed by atoms with Crippen LogP contribution in [0, 0.1) is 11.3 Å². The van der Waals surface area contributed by atoms with Crippen molar-refractivity contribution in [1.29, 1.82) is 5.26 Å². The van der Waals surface area contributed by atoms with Gasteiger partial charge in [-0.1, -0.05) is 0 Å². The number of carboxylic acid groups (broad SMARTS) is 1. The lowest BCUT2D eigenvalue weighted by molar-refractivity contribution is 0.0695. The van der Waals surface area contributed by atoms with Crippen LogP contribution in [0.15, 0.2) is 0 Å². The Morgan fingerprint density at radius 1 is 1.60 bits per heavy atom. The largest absolute Gasteiger partial charge is 0.478 e. The zero-order valence-electron chi connectivity index (χ0n) is 7.65. The Bertz CT molecular complexity index is 492. The first kappa shape index (κ1) is 9.80. The van der Waals surface area contributed by atoms with Crippen molar-refractivity contribution >= 4 is 23.5 Å². The van der Waals surface area contributed by atoms with E-state index in [1.807, 2.05) is 0 Å². The molecule has 0 saturated carbocycles. The van der Waals surface area contributed by atoms with E-state index >= 15 is 0 Å². The van der Waals surface area contributed by atoms with E-state index < -0.39 is 5.97 Å². The molecule has 76 valence electrons. The van der Waals surface area contributed by atoms with Crippen molar-refractivity contribution in [2.24, 2.45) is 0 Å². The summed E-state index contributed by atoms with van der Waals surface area (Å²) in [5.74, 6) is 0.139. The van der Waals surface area contributed by atoms with Gasteiger partial charge in [-0.2, -0.15) is 17.0 Å². The second-order valence-electron chi connectivity index (χ2n) is 3.08. The van der Waals surface area contributed by atoms with Gasteiger partial charge >= 0.3 is 5.97 Å². The maximum absolute atomic E-state index is 11.0. The third-order valence-corrected chi connectivity index (χ3v) is 3.19. The Morgan fingerprint density at radius 2 is 2.33 bits per heavy atom. The van der Waals surface area contributed by atoms with Crippen LogP contribution in [0.1, 0.15) is 27.2 Å². The molecule has 0 aromatic carbocycles.